The maximum Gasteiger partial charge on any atom is 0.313 e. The molecular formula is C11H13O2. The zero-order valence-corrected chi connectivity index (χ0v) is 7.91. The second-order valence-corrected chi connectivity index (χ2v) is 2.82. The number of esters is 1. The Morgan fingerprint density at radius 2 is 2.15 bits per heavy atom. The van der Waals surface area contributed by atoms with Gasteiger partial charge in [0.2, 0.25) is 0 Å². The molecule has 1 unspecified atom stereocenters. The number of benzene rings is 1. The highest BCUT2D eigenvalue weighted by Gasteiger charge is 2.18. The Hall–Kier alpha value is -1.31. The lowest BCUT2D eigenvalue weighted by molar-refractivity contribution is -0.142. The second-order valence-electron chi connectivity index (χ2n) is 2.82. The number of methoxy groups -OCH3 is 1. The highest BCUT2D eigenvalue weighted by atomic mass is 16.5. The van der Waals surface area contributed by atoms with Crippen LogP contribution in [0.25, 0.3) is 0 Å². The van der Waals surface area contributed by atoms with Gasteiger partial charge in [-0.05, 0) is 18.1 Å². The van der Waals surface area contributed by atoms with Crippen molar-refractivity contribution >= 4 is 5.97 Å². The molecule has 69 valence electrons. The van der Waals surface area contributed by atoms with Gasteiger partial charge in [-0.25, -0.2) is 0 Å². The maximum atomic E-state index is 11.3. The van der Waals surface area contributed by atoms with Crippen LogP contribution in [0.3, 0.4) is 0 Å². The first-order valence-corrected chi connectivity index (χ1v) is 4.33. The van der Waals surface area contributed by atoms with E-state index < -0.39 is 0 Å². The lowest BCUT2D eigenvalue weighted by Gasteiger charge is -2.11. The summed E-state index contributed by atoms with van der Waals surface area (Å²) in [7, 11) is 1.42. The summed E-state index contributed by atoms with van der Waals surface area (Å²) in [5, 5.41) is 0. The molecule has 0 spiro atoms. The zero-order valence-electron chi connectivity index (χ0n) is 7.91. The van der Waals surface area contributed by atoms with Gasteiger partial charge in [-0.2, -0.15) is 0 Å². The first kappa shape index (κ1) is 9.78. The van der Waals surface area contributed by atoms with Gasteiger partial charge in [0.05, 0.1) is 13.0 Å². The van der Waals surface area contributed by atoms with E-state index in [-0.39, 0.29) is 11.9 Å². The SMILES string of the molecule is CCC(C(=O)OC)c1cc[c]cc1. The number of hydrogen-bond acceptors (Lipinski definition) is 2. The molecule has 0 aliphatic heterocycles. The first-order chi connectivity index (χ1) is 6.29. The topological polar surface area (TPSA) is 26.3 Å². The van der Waals surface area contributed by atoms with Crippen LogP contribution in [0.15, 0.2) is 24.3 Å². The van der Waals surface area contributed by atoms with Gasteiger partial charge in [-0.3, -0.25) is 4.79 Å². The Kier molecular flexibility index (Phi) is 3.50. The average Bonchev–Trinajstić information content (AvgIpc) is 2.20. The lowest BCUT2D eigenvalue weighted by Crippen LogP contribution is -2.13. The van der Waals surface area contributed by atoms with Gasteiger partial charge in [-0.1, -0.05) is 31.2 Å². The van der Waals surface area contributed by atoms with Crippen LogP contribution < -0.4 is 0 Å². The Morgan fingerprint density at radius 1 is 1.54 bits per heavy atom. The standard InChI is InChI=1S/C11H13O2/c1-3-10(11(12)13-2)9-7-5-4-6-8-9/h5-8,10H,3H2,1-2H3. The molecule has 0 saturated heterocycles. The predicted octanol–water partition coefficient (Wildman–Crippen LogP) is 2.15. The summed E-state index contributed by atoms with van der Waals surface area (Å²) in [5.41, 5.74) is 0.994. The quantitative estimate of drug-likeness (QED) is 0.661. The molecule has 0 N–H and O–H groups in total. The number of ether oxygens (including phenoxy) is 1. The number of hydrogen-bond donors (Lipinski definition) is 0. The Balaban J connectivity index is 2.85. The minimum Gasteiger partial charge on any atom is -0.469 e. The third-order valence-electron chi connectivity index (χ3n) is 2.04. The van der Waals surface area contributed by atoms with Gasteiger partial charge in [0.25, 0.3) is 0 Å². The molecule has 1 aromatic rings. The molecule has 1 atom stereocenters. The summed E-state index contributed by atoms with van der Waals surface area (Å²) < 4.78 is 4.71. The molecule has 2 nitrogen and oxygen atoms in total. The minimum atomic E-state index is -0.172. The number of carbonyl (C=O) groups excluding carboxylic acids is 1. The fourth-order valence-corrected chi connectivity index (χ4v) is 1.31. The van der Waals surface area contributed by atoms with Crippen LogP contribution >= 0.6 is 0 Å². The van der Waals surface area contributed by atoms with Crippen LogP contribution in [-0.2, 0) is 9.53 Å². The molecule has 0 fully saturated rings. The van der Waals surface area contributed by atoms with Crippen LogP contribution in [0.2, 0.25) is 0 Å². The molecule has 0 heterocycles. The van der Waals surface area contributed by atoms with Crippen LogP contribution in [-0.4, -0.2) is 13.1 Å². The van der Waals surface area contributed by atoms with E-state index in [1.807, 2.05) is 19.1 Å². The molecule has 0 saturated carbocycles. The van der Waals surface area contributed by atoms with Crippen molar-refractivity contribution in [2.45, 2.75) is 19.3 Å². The van der Waals surface area contributed by atoms with Crippen LogP contribution in [0, 0.1) is 6.07 Å². The van der Waals surface area contributed by atoms with Crippen molar-refractivity contribution in [3.8, 4) is 0 Å². The number of carbonyl (C=O) groups is 1. The van der Waals surface area contributed by atoms with Crippen molar-refractivity contribution in [3.63, 3.8) is 0 Å². The Labute approximate surface area is 78.5 Å². The summed E-state index contributed by atoms with van der Waals surface area (Å²) in [6, 6.07) is 10.3. The van der Waals surface area contributed by atoms with Gasteiger partial charge in [0.15, 0.2) is 0 Å². The van der Waals surface area contributed by atoms with Gasteiger partial charge < -0.3 is 4.74 Å². The third-order valence-corrected chi connectivity index (χ3v) is 2.04. The Morgan fingerprint density at radius 3 is 2.62 bits per heavy atom. The van der Waals surface area contributed by atoms with Crippen LogP contribution in [0.4, 0.5) is 0 Å². The Bertz CT molecular complexity index is 267. The molecule has 13 heavy (non-hydrogen) atoms. The summed E-state index contributed by atoms with van der Waals surface area (Å²) in [6.45, 7) is 1.97. The normalized spacial score (nSPS) is 12.2. The van der Waals surface area contributed by atoms with E-state index in [2.05, 4.69) is 6.07 Å². The van der Waals surface area contributed by atoms with E-state index in [1.54, 1.807) is 12.1 Å². The van der Waals surface area contributed by atoms with E-state index >= 15 is 0 Å². The molecule has 0 bridgehead atoms. The minimum absolute atomic E-state index is 0.139. The van der Waals surface area contributed by atoms with E-state index in [0.29, 0.717) is 0 Å². The summed E-state index contributed by atoms with van der Waals surface area (Å²) in [4.78, 5) is 11.3. The molecule has 1 radical (unpaired) electrons. The smallest absolute Gasteiger partial charge is 0.313 e. The molecule has 1 rings (SSSR count). The van der Waals surface area contributed by atoms with Crippen molar-refractivity contribution in [2.75, 3.05) is 7.11 Å². The first-order valence-electron chi connectivity index (χ1n) is 4.33. The molecule has 0 aliphatic carbocycles. The van der Waals surface area contributed by atoms with Gasteiger partial charge in [0, 0.05) is 0 Å². The van der Waals surface area contributed by atoms with Gasteiger partial charge >= 0.3 is 5.97 Å². The molecule has 0 aliphatic rings. The summed E-state index contributed by atoms with van der Waals surface area (Å²) in [6.07, 6.45) is 0.761. The zero-order chi connectivity index (χ0) is 9.68. The number of rotatable bonds is 3. The molecule has 0 aromatic heterocycles. The summed E-state index contributed by atoms with van der Waals surface area (Å²) >= 11 is 0. The third kappa shape index (κ3) is 2.31. The predicted molar refractivity (Wildman–Crippen MR) is 50.3 cm³/mol. The van der Waals surface area contributed by atoms with Crippen LogP contribution in [0.1, 0.15) is 24.8 Å². The fraction of sp³-hybridized carbons (Fsp3) is 0.364. The second kappa shape index (κ2) is 4.65. The molecular weight excluding hydrogens is 164 g/mol. The maximum absolute atomic E-state index is 11.3. The largest absolute Gasteiger partial charge is 0.469 e. The van der Waals surface area contributed by atoms with Crippen molar-refractivity contribution in [3.05, 3.63) is 35.9 Å². The highest BCUT2D eigenvalue weighted by Crippen LogP contribution is 2.19. The highest BCUT2D eigenvalue weighted by molar-refractivity contribution is 5.77. The van der Waals surface area contributed by atoms with E-state index in [1.165, 1.54) is 7.11 Å². The monoisotopic (exact) mass is 177 g/mol. The van der Waals surface area contributed by atoms with Gasteiger partial charge in [-0.15, -0.1) is 0 Å². The van der Waals surface area contributed by atoms with Crippen LogP contribution in [0.5, 0.6) is 0 Å². The van der Waals surface area contributed by atoms with Crippen molar-refractivity contribution < 1.29 is 9.53 Å². The summed E-state index contributed by atoms with van der Waals surface area (Å²) in [5.74, 6) is -0.312. The average molecular weight is 177 g/mol. The van der Waals surface area contributed by atoms with Crippen molar-refractivity contribution in [2.24, 2.45) is 0 Å². The molecule has 0 amide bonds. The fourth-order valence-electron chi connectivity index (χ4n) is 1.31. The van der Waals surface area contributed by atoms with Crippen molar-refractivity contribution in [1.82, 2.24) is 0 Å². The molecule has 1 aromatic carbocycles. The van der Waals surface area contributed by atoms with E-state index in [4.69, 9.17) is 4.74 Å². The van der Waals surface area contributed by atoms with Crippen molar-refractivity contribution in [1.29, 1.82) is 0 Å². The lowest BCUT2D eigenvalue weighted by atomic mass is 9.97. The van der Waals surface area contributed by atoms with E-state index in [0.717, 1.165) is 12.0 Å². The van der Waals surface area contributed by atoms with E-state index in [9.17, 15) is 4.79 Å². The van der Waals surface area contributed by atoms with Gasteiger partial charge in [0.1, 0.15) is 0 Å². The molecule has 2 heteroatoms.